The average Bonchev–Trinajstić information content (AvgIpc) is 3.62. The van der Waals surface area contributed by atoms with Gasteiger partial charge in [0.1, 0.15) is 5.75 Å². The predicted octanol–water partition coefficient (Wildman–Crippen LogP) is 5.48. The maximum atomic E-state index is 12.0. The van der Waals surface area contributed by atoms with Crippen molar-refractivity contribution in [3.8, 4) is 10.9 Å². The fraction of sp³-hybridized carbons (Fsp3) is 0.259. The van der Waals surface area contributed by atoms with Crippen LogP contribution in [0.5, 0.6) is 5.75 Å². The molecule has 190 valence electrons. The van der Waals surface area contributed by atoms with Gasteiger partial charge in [-0.1, -0.05) is 13.0 Å². The number of carbonyl (C=O) groups is 1. The number of hydrogen-bond donors (Lipinski definition) is 2. The van der Waals surface area contributed by atoms with Gasteiger partial charge >= 0.3 is 0 Å². The molecular formula is C27H28N6O2S2. The van der Waals surface area contributed by atoms with Gasteiger partial charge in [-0.25, -0.2) is 4.98 Å². The second-order valence-electron chi connectivity index (χ2n) is 8.76. The second kappa shape index (κ2) is 10.3. The molecule has 10 heteroatoms. The van der Waals surface area contributed by atoms with Gasteiger partial charge in [0.25, 0.3) is 0 Å². The number of carbonyl (C=O) groups excluding carboxylic acids is 1. The van der Waals surface area contributed by atoms with Crippen molar-refractivity contribution in [1.82, 2.24) is 19.9 Å². The van der Waals surface area contributed by atoms with Crippen LogP contribution in [0.15, 0.2) is 60.2 Å². The Labute approximate surface area is 225 Å². The summed E-state index contributed by atoms with van der Waals surface area (Å²) in [4.78, 5) is 23.3. The van der Waals surface area contributed by atoms with Crippen LogP contribution in [-0.4, -0.2) is 32.7 Å². The Balaban J connectivity index is 1.64. The van der Waals surface area contributed by atoms with E-state index in [1.165, 1.54) is 0 Å². The van der Waals surface area contributed by atoms with Crippen molar-refractivity contribution < 1.29 is 9.53 Å². The summed E-state index contributed by atoms with van der Waals surface area (Å²) in [6.45, 7) is 6.02. The van der Waals surface area contributed by atoms with E-state index in [-0.39, 0.29) is 18.0 Å². The standard InChI is InChI=1S/C27H28N6O2S2/c1-5-23(34)30-20-10-9-18(15-22(20)35-4)33-25(24(31-26(33)36)21-8-6-7-11-28-21)19-14-16(2)32(17(19)3)27-29-12-13-37-27/h6-15,24-25H,5H2,1-4H3,(H,30,34)(H,31,36). The minimum Gasteiger partial charge on any atom is -0.494 e. The number of aromatic nitrogens is 3. The molecule has 0 radical (unpaired) electrons. The van der Waals surface area contributed by atoms with Gasteiger partial charge in [0.2, 0.25) is 5.91 Å². The molecule has 4 heterocycles. The van der Waals surface area contributed by atoms with E-state index < -0.39 is 0 Å². The first-order valence-corrected chi connectivity index (χ1v) is 13.3. The van der Waals surface area contributed by atoms with Crippen molar-refractivity contribution in [3.05, 3.63) is 82.9 Å². The van der Waals surface area contributed by atoms with Crippen LogP contribution >= 0.6 is 23.6 Å². The lowest BCUT2D eigenvalue weighted by atomic mass is 9.96. The van der Waals surface area contributed by atoms with E-state index in [0.717, 1.165) is 33.5 Å². The van der Waals surface area contributed by atoms with E-state index in [1.807, 2.05) is 54.9 Å². The number of nitrogens with zero attached hydrogens (tertiary/aromatic N) is 4. The Bertz CT molecular complexity index is 1430. The molecule has 1 amide bonds. The lowest BCUT2D eigenvalue weighted by Gasteiger charge is -2.28. The van der Waals surface area contributed by atoms with Gasteiger partial charge in [0.15, 0.2) is 10.2 Å². The monoisotopic (exact) mass is 532 g/mol. The normalized spacial score (nSPS) is 17.1. The zero-order valence-electron chi connectivity index (χ0n) is 21.1. The highest BCUT2D eigenvalue weighted by molar-refractivity contribution is 7.80. The van der Waals surface area contributed by atoms with E-state index in [2.05, 4.69) is 50.0 Å². The number of ether oxygens (including phenoxy) is 1. The number of methoxy groups -OCH3 is 1. The topological polar surface area (TPSA) is 84.3 Å². The Hall–Kier alpha value is -3.76. The largest absolute Gasteiger partial charge is 0.494 e. The summed E-state index contributed by atoms with van der Waals surface area (Å²) in [7, 11) is 1.59. The predicted molar refractivity (Wildman–Crippen MR) is 151 cm³/mol. The van der Waals surface area contributed by atoms with Crippen LogP contribution in [0.1, 0.15) is 48.1 Å². The van der Waals surface area contributed by atoms with E-state index in [1.54, 1.807) is 24.6 Å². The van der Waals surface area contributed by atoms with Crippen molar-refractivity contribution in [1.29, 1.82) is 0 Å². The van der Waals surface area contributed by atoms with Crippen LogP contribution in [0, 0.1) is 13.8 Å². The SMILES string of the molecule is CCC(=O)Nc1ccc(N2C(=S)NC(c3ccccn3)C2c2cc(C)n(-c3nccs3)c2C)cc1OC. The summed E-state index contributed by atoms with van der Waals surface area (Å²) in [5.41, 5.74) is 5.68. The van der Waals surface area contributed by atoms with Gasteiger partial charge in [0, 0.05) is 47.3 Å². The summed E-state index contributed by atoms with van der Waals surface area (Å²) in [5.74, 6) is 0.488. The third-order valence-corrected chi connectivity index (χ3v) is 7.63. The highest BCUT2D eigenvalue weighted by Crippen LogP contribution is 2.45. The van der Waals surface area contributed by atoms with Crippen LogP contribution < -0.4 is 20.3 Å². The van der Waals surface area contributed by atoms with Crippen LogP contribution in [0.4, 0.5) is 11.4 Å². The molecule has 1 aliphatic rings. The fourth-order valence-electron chi connectivity index (χ4n) is 4.83. The van der Waals surface area contributed by atoms with Crippen molar-refractivity contribution in [2.24, 2.45) is 0 Å². The number of pyridine rings is 1. The van der Waals surface area contributed by atoms with Gasteiger partial charge in [-0.3, -0.25) is 14.3 Å². The number of thiazole rings is 1. The number of hydrogen-bond acceptors (Lipinski definition) is 6. The molecule has 1 fully saturated rings. The number of benzene rings is 1. The van der Waals surface area contributed by atoms with Crippen molar-refractivity contribution in [3.63, 3.8) is 0 Å². The van der Waals surface area contributed by atoms with Crippen molar-refractivity contribution >= 4 is 45.9 Å². The molecule has 3 aromatic heterocycles. The molecule has 1 aromatic carbocycles. The number of nitrogens with one attached hydrogen (secondary N) is 2. The minimum absolute atomic E-state index is 0.0767. The highest BCUT2D eigenvalue weighted by atomic mass is 32.1. The summed E-state index contributed by atoms with van der Waals surface area (Å²) in [5, 5.41) is 9.91. The third kappa shape index (κ3) is 4.58. The van der Waals surface area contributed by atoms with Gasteiger partial charge < -0.3 is 20.3 Å². The molecule has 4 aromatic rings. The van der Waals surface area contributed by atoms with E-state index in [9.17, 15) is 4.79 Å². The number of rotatable bonds is 7. The Kier molecular flexibility index (Phi) is 6.94. The molecule has 0 saturated carbocycles. The molecule has 37 heavy (non-hydrogen) atoms. The lowest BCUT2D eigenvalue weighted by Crippen LogP contribution is -2.29. The first-order valence-electron chi connectivity index (χ1n) is 12.0. The zero-order chi connectivity index (χ0) is 26.1. The summed E-state index contributed by atoms with van der Waals surface area (Å²) < 4.78 is 7.83. The van der Waals surface area contributed by atoms with Crippen LogP contribution in [0.25, 0.3) is 5.13 Å². The Morgan fingerprint density at radius 3 is 2.70 bits per heavy atom. The molecular weight excluding hydrogens is 504 g/mol. The van der Waals surface area contributed by atoms with Gasteiger partial charge in [0.05, 0.1) is 30.6 Å². The van der Waals surface area contributed by atoms with Gasteiger partial charge in [-0.2, -0.15) is 0 Å². The molecule has 5 rings (SSSR count). The molecule has 2 unspecified atom stereocenters. The second-order valence-corrected chi connectivity index (χ2v) is 10.0. The van der Waals surface area contributed by atoms with Crippen LogP contribution in [0.2, 0.25) is 0 Å². The third-order valence-electron chi connectivity index (χ3n) is 6.56. The zero-order valence-corrected chi connectivity index (χ0v) is 22.7. The lowest BCUT2D eigenvalue weighted by molar-refractivity contribution is -0.115. The highest BCUT2D eigenvalue weighted by Gasteiger charge is 2.42. The van der Waals surface area contributed by atoms with E-state index in [0.29, 0.717) is 23.0 Å². The quantitative estimate of drug-likeness (QED) is 0.305. The first-order chi connectivity index (χ1) is 17.9. The maximum Gasteiger partial charge on any atom is 0.224 e. The summed E-state index contributed by atoms with van der Waals surface area (Å²) in [6.07, 6.45) is 4.00. The van der Waals surface area contributed by atoms with Crippen LogP contribution in [-0.2, 0) is 4.79 Å². The van der Waals surface area contributed by atoms with Gasteiger partial charge in [-0.15, -0.1) is 11.3 Å². The summed E-state index contributed by atoms with van der Waals surface area (Å²) >= 11 is 7.50. The molecule has 8 nitrogen and oxygen atoms in total. The fourth-order valence-corrected chi connectivity index (χ4v) is 5.93. The first kappa shape index (κ1) is 24.9. The van der Waals surface area contributed by atoms with E-state index in [4.69, 9.17) is 17.0 Å². The smallest absolute Gasteiger partial charge is 0.224 e. The molecule has 2 N–H and O–H groups in total. The van der Waals surface area contributed by atoms with Gasteiger partial charge in [-0.05, 0) is 62.0 Å². The number of thiocarbonyl (C=S) groups is 1. The molecule has 2 atom stereocenters. The molecule has 0 aliphatic carbocycles. The molecule has 0 spiro atoms. The van der Waals surface area contributed by atoms with Crippen molar-refractivity contribution in [2.75, 3.05) is 17.3 Å². The molecule has 1 saturated heterocycles. The molecule has 0 bridgehead atoms. The number of aryl methyl sites for hydroxylation is 1. The Morgan fingerprint density at radius 1 is 1.19 bits per heavy atom. The minimum atomic E-state index is -0.178. The Morgan fingerprint density at radius 2 is 2.03 bits per heavy atom. The number of amides is 1. The van der Waals surface area contributed by atoms with Crippen LogP contribution in [0.3, 0.4) is 0 Å². The summed E-state index contributed by atoms with van der Waals surface area (Å²) in [6, 6.07) is 13.5. The molecule has 1 aliphatic heterocycles. The average molecular weight is 533 g/mol. The number of anilines is 2. The van der Waals surface area contributed by atoms with Crippen molar-refractivity contribution in [2.45, 2.75) is 39.3 Å². The maximum absolute atomic E-state index is 12.0. The van der Waals surface area contributed by atoms with E-state index >= 15 is 0 Å².